The molecule has 0 saturated carbocycles. The molecule has 108 valence electrons. The standard InChI is InChI=1S/C16H17ClFN.ClH/c1-10-6-13(7-11(2)14(10)9-19-3)12-4-5-15(17)16(18)8-12;/h4-8,19H,9H2,1-3H3;1H. The van der Waals surface area contributed by atoms with Crippen molar-refractivity contribution >= 4 is 24.0 Å². The van der Waals surface area contributed by atoms with Crippen molar-refractivity contribution in [3.05, 3.63) is 57.9 Å². The van der Waals surface area contributed by atoms with Crippen LogP contribution in [0.4, 0.5) is 4.39 Å². The number of nitrogens with one attached hydrogen (secondary N) is 1. The van der Waals surface area contributed by atoms with Crippen molar-refractivity contribution in [2.75, 3.05) is 7.05 Å². The van der Waals surface area contributed by atoms with Crippen molar-refractivity contribution in [1.29, 1.82) is 0 Å². The van der Waals surface area contributed by atoms with Gasteiger partial charge in [-0.1, -0.05) is 29.8 Å². The zero-order valence-electron chi connectivity index (χ0n) is 11.8. The SMILES string of the molecule is CNCc1c(C)cc(-c2ccc(Cl)c(F)c2)cc1C.Cl. The predicted molar refractivity (Wildman–Crippen MR) is 86.3 cm³/mol. The molecule has 0 saturated heterocycles. The minimum Gasteiger partial charge on any atom is -0.316 e. The molecule has 1 nitrogen and oxygen atoms in total. The molecule has 4 heteroatoms. The van der Waals surface area contributed by atoms with Crippen LogP contribution in [0.25, 0.3) is 11.1 Å². The van der Waals surface area contributed by atoms with Gasteiger partial charge in [0.15, 0.2) is 0 Å². The summed E-state index contributed by atoms with van der Waals surface area (Å²) >= 11 is 5.71. The summed E-state index contributed by atoms with van der Waals surface area (Å²) in [7, 11) is 1.93. The average molecular weight is 314 g/mol. The van der Waals surface area contributed by atoms with Crippen LogP contribution in [-0.4, -0.2) is 7.05 Å². The Morgan fingerprint density at radius 1 is 1.05 bits per heavy atom. The van der Waals surface area contributed by atoms with Gasteiger partial charge in [0.2, 0.25) is 0 Å². The van der Waals surface area contributed by atoms with E-state index in [-0.39, 0.29) is 23.2 Å². The van der Waals surface area contributed by atoms with Crippen LogP contribution in [0.15, 0.2) is 30.3 Å². The van der Waals surface area contributed by atoms with Gasteiger partial charge in [0.25, 0.3) is 0 Å². The van der Waals surface area contributed by atoms with Crippen molar-refractivity contribution in [3.63, 3.8) is 0 Å². The smallest absolute Gasteiger partial charge is 0.142 e. The van der Waals surface area contributed by atoms with Gasteiger partial charge in [0, 0.05) is 6.54 Å². The first-order valence-corrected chi connectivity index (χ1v) is 6.61. The van der Waals surface area contributed by atoms with E-state index in [9.17, 15) is 4.39 Å². The van der Waals surface area contributed by atoms with Gasteiger partial charge in [0.1, 0.15) is 5.82 Å². The lowest BCUT2D eigenvalue weighted by Crippen LogP contribution is -2.08. The second-order valence-electron chi connectivity index (χ2n) is 4.75. The number of halogens is 3. The summed E-state index contributed by atoms with van der Waals surface area (Å²) in [6.07, 6.45) is 0. The highest BCUT2D eigenvalue weighted by Crippen LogP contribution is 2.27. The lowest BCUT2D eigenvalue weighted by atomic mass is 9.95. The Hall–Kier alpha value is -1.09. The quantitative estimate of drug-likeness (QED) is 0.849. The third-order valence-corrected chi connectivity index (χ3v) is 3.61. The Labute approximate surface area is 130 Å². The summed E-state index contributed by atoms with van der Waals surface area (Å²) in [6.45, 7) is 5.00. The third kappa shape index (κ3) is 3.51. The van der Waals surface area contributed by atoms with Crippen molar-refractivity contribution in [1.82, 2.24) is 5.32 Å². The van der Waals surface area contributed by atoms with Gasteiger partial charge in [-0.15, -0.1) is 12.4 Å². The van der Waals surface area contributed by atoms with E-state index in [0.717, 1.165) is 17.7 Å². The summed E-state index contributed by atoms with van der Waals surface area (Å²) < 4.78 is 13.5. The maximum absolute atomic E-state index is 13.5. The molecule has 0 aliphatic heterocycles. The monoisotopic (exact) mass is 313 g/mol. The zero-order chi connectivity index (χ0) is 14.0. The van der Waals surface area contributed by atoms with Crippen LogP contribution in [-0.2, 0) is 6.54 Å². The second-order valence-corrected chi connectivity index (χ2v) is 5.16. The van der Waals surface area contributed by atoms with Gasteiger partial charge in [-0.2, -0.15) is 0 Å². The molecule has 0 atom stereocenters. The summed E-state index contributed by atoms with van der Waals surface area (Å²) in [6, 6.07) is 9.09. The lowest BCUT2D eigenvalue weighted by molar-refractivity contribution is 0.629. The van der Waals surface area contributed by atoms with Gasteiger partial charge in [-0.3, -0.25) is 0 Å². The van der Waals surface area contributed by atoms with Crippen LogP contribution in [0, 0.1) is 19.7 Å². The van der Waals surface area contributed by atoms with E-state index in [2.05, 4.69) is 31.3 Å². The topological polar surface area (TPSA) is 12.0 Å². The van der Waals surface area contributed by atoms with Crippen molar-refractivity contribution < 1.29 is 4.39 Å². The maximum Gasteiger partial charge on any atom is 0.142 e. The molecule has 2 aromatic carbocycles. The van der Waals surface area contributed by atoms with Crippen LogP contribution >= 0.6 is 24.0 Å². The number of aryl methyl sites for hydroxylation is 2. The van der Waals surface area contributed by atoms with Gasteiger partial charge < -0.3 is 5.32 Å². The van der Waals surface area contributed by atoms with Crippen LogP contribution < -0.4 is 5.32 Å². The minimum atomic E-state index is -0.381. The Balaban J connectivity index is 0.00000200. The zero-order valence-corrected chi connectivity index (χ0v) is 13.3. The molecule has 2 aromatic rings. The van der Waals surface area contributed by atoms with E-state index in [1.807, 2.05) is 13.1 Å². The van der Waals surface area contributed by atoms with Crippen LogP contribution in [0.5, 0.6) is 0 Å². The van der Waals surface area contributed by atoms with E-state index < -0.39 is 0 Å². The highest BCUT2D eigenvalue weighted by Gasteiger charge is 2.08. The normalized spacial score (nSPS) is 10.2. The summed E-state index contributed by atoms with van der Waals surface area (Å²) in [4.78, 5) is 0. The summed E-state index contributed by atoms with van der Waals surface area (Å²) in [5.74, 6) is -0.381. The van der Waals surface area contributed by atoms with Gasteiger partial charge in [-0.25, -0.2) is 4.39 Å². The highest BCUT2D eigenvalue weighted by atomic mass is 35.5. The van der Waals surface area contributed by atoms with Crippen molar-refractivity contribution in [2.24, 2.45) is 0 Å². The first kappa shape index (κ1) is 17.0. The fourth-order valence-corrected chi connectivity index (χ4v) is 2.41. The van der Waals surface area contributed by atoms with Gasteiger partial charge >= 0.3 is 0 Å². The van der Waals surface area contributed by atoms with E-state index in [1.165, 1.54) is 22.8 Å². The van der Waals surface area contributed by atoms with E-state index in [0.29, 0.717) is 0 Å². The van der Waals surface area contributed by atoms with Crippen molar-refractivity contribution in [2.45, 2.75) is 20.4 Å². The molecule has 2 rings (SSSR count). The molecule has 0 heterocycles. The first-order chi connectivity index (χ1) is 9.02. The molecule has 0 amide bonds. The summed E-state index contributed by atoms with van der Waals surface area (Å²) in [5.41, 5.74) is 5.58. The Morgan fingerprint density at radius 3 is 2.15 bits per heavy atom. The molecule has 0 aliphatic carbocycles. The number of rotatable bonds is 3. The second kappa shape index (κ2) is 7.07. The van der Waals surface area contributed by atoms with Crippen LogP contribution in [0.2, 0.25) is 5.02 Å². The molecule has 0 fully saturated rings. The van der Waals surface area contributed by atoms with E-state index >= 15 is 0 Å². The molecule has 0 spiro atoms. The highest BCUT2D eigenvalue weighted by molar-refractivity contribution is 6.30. The fourth-order valence-electron chi connectivity index (χ4n) is 2.29. The lowest BCUT2D eigenvalue weighted by Gasteiger charge is -2.13. The average Bonchev–Trinajstić information content (AvgIpc) is 2.37. The molecule has 0 radical (unpaired) electrons. The van der Waals surface area contributed by atoms with Crippen molar-refractivity contribution in [3.8, 4) is 11.1 Å². The van der Waals surface area contributed by atoms with E-state index in [4.69, 9.17) is 11.6 Å². The molecule has 0 unspecified atom stereocenters. The number of hydrogen-bond acceptors (Lipinski definition) is 1. The number of benzene rings is 2. The molecular formula is C16H18Cl2FN. The van der Waals surface area contributed by atoms with Gasteiger partial charge in [0.05, 0.1) is 5.02 Å². The van der Waals surface area contributed by atoms with Gasteiger partial charge in [-0.05, 0) is 60.8 Å². The Kier molecular flexibility index (Phi) is 6.00. The molecular weight excluding hydrogens is 296 g/mol. The minimum absolute atomic E-state index is 0. The van der Waals surface area contributed by atoms with Crippen LogP contribution in [0.1, 0.15) is 16.7 Å². The predicted octanol–water partition coefficient (Wildman–Crippen LogP) is 4.90. The molecule has 0 bridgehead atoms. The molecule has 20 heavy (non-hydrogen) atoms. The number of hydrogen-bond donors (Lipinski definition) is 1. The Morgan fingerprint density at radius 2 is 1.65 bits per heavy atom. The molecule has 1 N–H and O–H groups in total. The fraction of sp³-hybridized carbons (Fsp3) is 0.250. The molecule has 0 aromatic heterocycles. The Bertz CT molecular complexity index is 588. The third-order valence-electron chi connectivity index (χ3n) is 3.30. The first-order valence-electron chi connectivity index (χ1n) is 6.23. The largest absolute Gasteiger partial charge is 0.316 e. The maximum atomic E-state index is 13.5. The van der Waals surface area contributed by atoms with Crippen LogP contribution in [0.3, 0.4) is 0 Å². The molecule has 0 aliphatic rings. The van der Waals surface area contributed by atoms with E-state index in [1.54, 1.807) is 6.07 Å². The summed E-state index contributed by atoms with van der Waals surface area (Å²) in [5, 5.41) is 3.32.